The summed E-state index contributed by atoms with van der Waals surface area (Å²) in [6, 6.07) is 13.6. The summed E-state index contributed by atoms with van der Waals surface area (Å²) in [5.41, 5.74) is 2.92. The molecule has 6 nitrogen and oxygen atoms in total. The molecule has 0 aromatic heterocycles. The van der Waals surface area contributed by atoms with Gasteiger partial charge < -0.3 is 15.5 Å². The molecule has 28 heavy (non-hydrogen) atoms. The van der Waals surface area contributed by atoms with Gasteiger partial charge in [0.15, 0.2) is 5.78 Å². The van der Waals surface area contributed by atoms with E-state index < -0.39 is 6.04 Å². The summed E-state index contributed by atoms with van der Waals surface area (Å²) < 4.78 is 0. The zero-order chi connectivity index (χ0) is 20.1. The van der Waals surface area contributed by atoms with Crippen molar-refractivity contribution < 1.29 is 14.4 Å². The van der Waals surface area contributed by atoms with Crippen LogP contribution in [0.2, 0.25) is 0 Å². The molecule has 1 aliphatic heterocycles. The van der Waals surface area contributed by atoms with Crippen LogP contribution in [0.15, 0.2) is 48.5 Å². The minimum atomic E-state index is -0.513. The Balaban J connectivity index is 1.69. The van der Waals surface area contributed by atoms with Gasteiger partial charge in [-0.3, -0.25) is 9.59 Å². The van der Waals surface area contributed by atoms with Crippen molar-refractivity contribution in [1.29, 1.82) is 0 Å². The molecule has 1 saturated heterocycles. The molecule has 0 radical (unpaired) electrons. The molecule has 3 rings (SSSR count). The quantitative estimate of drug-likeness (QED) is 0.768. The summed E-state index contributed by atoms with van der Waals surface area (Å²) >= 11 is 0. The number of rotatable bonds is 5. The SMILES string of the molecule is CCc1ccccc1NC(=O)[C@@H]1CCCN1C(=O)Nc1cccc(C(C)=O)c1. The number of likely N-dealkylation sites (tertiary alicyclic amines) is 1. The van der Waals surface area contributed by atoms with E-state index in [-0.39, 0.29) is 17.7 Å². The Labute approximate surface area is 164 Å². The highest BCUT2D eigenvalue weighted by atomic mass is 16.2. The molecule has 1 fully saturated rings. The third kappa shape index (κ3) is 4.39. The van der Waals surface area contributed by atoms with Crippen LogP contribution in [0.1, 0.15) is 42.6 Å². The molecule has 0 saturated carbocycles. The number of amides is 3. The van der Waals surface area contributed by atoms with Gasteiger partial charge in [-0.2, -0.15) is 0 Å². The predicted octanol–water partition coefficient (Wildman–Crippen LogP) is 4.09. The summed E-state index contributed by atoms with van der Waals surface area (Å²) in [6.45, 7) is 4.04. The van der Waals surface area contributed by atoms with E-state index in [0.29, 0.717) is 24.2 Å². The lowest BCUT2D eigenvalue weighted by Crippen LogP contribution is -2.45. The van der Waals surface area contributed by atoms with Crippen molar-refractivity contribution in [1.82, 2.24) is 4.90 Å². The lowest BCUT2D eigenvalue weighted by molar-refractivity contribution is -0.119. The minimum Gasteiger partial charge on any atom is -0.324 e. The Hall–Kier alpha value is -3.15. The number of Topliss-reactive ketones (excluding diaryl/α,β-unsaturated/α-hetero) is 1. The number of urea groups is 1. The van der Waals surface area contributed by atoms with E-state index in [1.807, 2.05) is 31.2 Å². The van der Waals surface area contributed by atoms with Gasteiger partial charge in [0.05, 0.1) is 0 Å². The van der Waals surface area contributed by atoms with Gasteiger partial charge in [-0.1, -0.05) is 37.3 Å². The fourth-order valence-corrected chi connectivity index (χ4v) is 3.46. The number of benzene rings is 2. The Morgan fingerprint density at radius 2 is 1.86 bits per heavy atom. The van der Waals surface area contributed by atoms with E-state index in [9.17, 15) is 14.4 Å². The van der Waals surface area contributed by atoms with Crippen LogP contribution in [-0.4, -0.2) is 35.2 Å². The van der Waals surface area contributed by atoms with Crippen LogP contribution in [0.25, 0.3) is 0 Å². The van der Waals surface area contributed by atoms with Crippen molar-refractivity contribution in [3.8, 4) is 0 Å². The maximum atomic E-state index is 12.8. The molecule has 2 N–H and O–H groups in total. The summed E-state index contributed by atoms with van der Waals surface area (Å²) in [5.74, 6) is -0.241. The second-order valence-corrected chi connectivity index (χ2v) is 6.92. The van der Waals surface area contributed by atoms with Gasteiger partial charge in [0.1, 0.15) is 6.04 Å². The molecular weight excluding hydrogens is 354 g/mol. The van der Waals surface area contributed by atoms with Gasteiger partial charge in [0.25, 0.3) is 0 Å². The van der Waals surface area contributed by atoms with E-state index in [0.717, 1.165) is 24.1 Å². The number of carbonyl (C=O) groups is 3. The molecule has 3 amide bonds. The molecule has 0 bridgehead atoms. The topological polar surface area (TPSA) is 78.5 Å². The van der Waals surface area contributed by atoms with Crippen LogP contribution in [0, 0.1) is 0 Å². The lowest BCUT2D eigenvalue weighted by atomic mass is 10.1. The largest absolute Gasteiger partial charge is 0.324 e. The van der Waals surface area contributed by atoms with Crippen LogP contribution in [0.4, 0.5) is 16.2 Å². The zero-order valence-electron chi connectivity index (χ0n) is 16.2. The van der Waals surface area contributed by atoms with Crippen LogP contribution < -0.4 is 10.6 Å². The van der Waals surface area contributed by atoms with Crippen LogP contribution >= 0.6 is 0 Å². The van der Waals surface area contributed by atoms with Gasteiger partial charge in [0, 0.05) is 23.5 Å². The average Bonchev–Trinajstić information content (AvgIpc) is 3.19. The highest BCUT2D eigenvalue weighted by Crippen LogP contribution is 2.22. The van der Waals surface area contributed by atoms with E-state index in [2.05, 4.69) is 10.6 Å². The summed E-state index contributed by atoms with van der Waals surface area (Å²) in [5, 5.41) is 5.78. The first-order chi connectivity index (χ1) is 13.5. The van der Waals surface area contributed by atoms with Crippen molar-refractivity contribution in [2.75, 3.05) is 17.2 Å². The smallest absolute Gasteiger partial charge is 0.322 e. The van der Waals surface area contributed by atoms with E-state index >= 15 is 0 Å². The number of hydrogen-bond donors (Lipinski definition) is 2. The fourth-order valence-electron chi connectivity index (χ4n) is 3.46. The number of ketones is 1. The predicted molar refractivity (Wildman–Crippen MR) is 110 cm³/mol. The first kappa shape index (κ1) is 19.6. The van der Waals surface area contributed by atoms with Gasteiger partial charge in [-0.05, 0) is 49.9 Å². The number of carbonyl (C=O) groups excluding carboxylic acids is 3. The molecule has 2 aromatic carbocycles. The zero-order valence-corrected chi connectivity index (χ0v) is 16.2. The molecule has 0 unspecified atom stereocenters. The second kappa shape index (κ2) is 8.69. The van der Waals surface area contributed by atoms with Crippen molar-refractivity contribution in [3.05, 3.63) is 59.7 Å². The molecule has 1 atom stereocenters. The second-order valence-electron chi connectivity index (χ2n) is 6.92. The van der Waals surface area contributed by atoms with Crippen LogP contribution in [0.3, 0.4) is 0 Å². The number of aryl methyl sites for hydroxylation is 1. The Bertz CT molecular complexity index is 894. The monoisotopic (exact) mass is 379 g/mol. The molecule has 146 valence electrons. The van der Waals surface area contributed by atoms with Crippen molar-refractivity contribution in [3.63, 3.8) is 0 Å². The van der Waals surface area contributed by atoms with Crippen LogP contribution in [0.5, 0.6) is 0 Å². The van der Waals surface area contributed by atoms with Crippen molar-refractivity contribution in [2.24, 2.45) is 0 Å². The Morgan fingerprint density at radius 3 is 2.61 bits per heavy atom. The van der Waals surface area contributed by atoms with E-state index in [1.54, 1.807) is 29.2 Å². The fraction of sp³-hybridized carbons (Fsp3) is 0.318. The highest BCUT2D eigenvalue weighted by Gasteiger charge is 2.34. The maximum Gasteiger partial charge on any atom is 0.322 e. The van der Waals surface area contributed by atoms with Crippen molar-refractivity contribution >= 4 is 29.1 Å². The van der Waals surface area contributed by atoms with Crippen LogP contribution in [-0.2, 0) is 11.2 Å². The number of nitrogens with one attached hydrogen (secondary N) is 2. The minimum absolute atomic E-state index is 0.0656. The number of hydrogen-bond acceptors (Lipinski definition) is 3. The Kier molecular flexibility index (Phi) is 6.09. The maximum absolute atomic E-state index is 12.8. The molecular formula is C22H25N3O3. The first-order valence-corrected chi connectivity index (χ1v) is 9.57. The molecule has 0 aliphatic carbocycles. The number of para-hydroxylation sites is 1. The number of anilines is 2. The van der Waals surface area contributed by atoms with Crippen molar-refractivity contribution in [2.45, 2.75) is 39.2 Å². The van der Waals surface area contributed by atoms with Gasteiger partial charge in [-0.25, -0.2) is 4.79 Å². The lowest BCUT2D eigenvalue weighted by Gasteiger charge is -2.24. The highest BCUT2D eigenvalue weighted by molar-refractivity contribution is 6.00. The van der Waals surface area contributed by atoms with Gasteiger partial charge >= 0.3 is 6.03 Å². The molecule has 0 spiro atoms. The van der Waals surface area contributed by atoms with E-state index in [1.165, 1.54) is 6.92 Å². The summed E-state index contributed by atoms with van der Waals surface area (Å²) in [7, 11) is 0. The molecule has 2 aromatic rings. The summed E-state index contributed by atoms with van der Waals surface area (Å²) in [6.07, 6.45) is 2.22. The van der Waals surface area contributed by atoms with E-state index in [4.69, 9.17) is 0 Å². The first-order valence-electron chi connectivity index (χ1n) is 9.57. The molecule has 6 heteroatoms. The number of nitrogens with zero attached hydrogens (tertiary/aromatic N) is 1. The standard InChI is InChI=1S/C22H25N3O3/c1-3-16-8-4-5-11-19(16)24-21(27)20-12-7-13-25(20)22(28)23-18-10-6-9-17(14-18)15(2)26/h4-6,8-11,14,20H,3,7,12-13H2,1-2H3,(H,23,28)(H,24,27)/t20-/m0/s1. The summed E-state index contributed by atoms with van der Waals surface area (Å²) in [4.78, 5) is 38.6. The van der Waals surface area contributed by atoms with Gasteiger partial charge in [-0.15, -0.1) is 0 Å². The Morgan fingerprint density at radius 1 is 1.07 bits per heavy atom. The average molecular weight is 379 g/mol. The molecule has 1 heterocycles. The third-order valence-corrected chi connectivity index (χ3v) is 4.99. The third-order valence-electron chi connectivity index (χ3n) is 4.99. The van der Waals surface area contributed by atoms with Gasteiger partial charge in [0.2, 0.25) is 5.91 Å². The normalized spacial score (nSPS) is 15.9. The molecule has 1 aliphatic rings.